The van der Waals surface area contributed by atoms with Gasteiger partial charge >= 0.3 is 4.94 Å². The molecular formula is C6H3N3O2S. The van der Waals surface area contributed by atoms with Crippen molar-refractivity contribution in [1.29, 1.82) is 0 Å². The van der Waals surface area contributed by atoms with E-state index < -0.39 is 4.94 Å². The Morgan fingerprint density at radius 1 is 1.42 bits per heavy atom. The summed E-state index contributed by atoms with van der Waals surface area (Å²) in [6.45, 7) is 0. The van der Waals surface area contributed by atoms with E-state index in [0.29, 0.717) is 5.69 Å². The van der Waals surface area contributed by atoms with Crippen LogP contribution in [0.25, 0.3) is 11.6 Å². The Labute approximate surface area is 70.9 Å². The van der Waals surface area contributed by atoms with Crippen LogP contribution in [0.15, 0.2) is 27.8 Å². The number of hydrogen-bond acceptors (Lipinski definition) is 6. The molecule has 0 N–H and O–H groups in total. The van der Waals surface area contributed by atoms with Gasteiger partial charge in [0.2, 0.25) is 0 Å². The molecule has 2 rings (SSSR count). The third-order valence-electron chi connectivity index (χ3n) is 1.17. The average Bonchev–Trinajstić information content (AvgIpc) is 2.54. The second kappa shape index (κ2) is 2.82. The Hall–Kier alpha value is -1.56. The Morgan fingerprint density at radius 2 is 2.33 bits per heavy atom. The molecule has 0 amide bonds. The van der Waals surface area contributed by atoms with Gasteiger partial charge < -0.3 is 4.42 Å². The first-order valence-electron chi connectivity index (χ1n) is 3.09. The van der Waals surface area contributed by atoms with Crippen molar-refractivity contribution in [1.82, 2.24) is 14.3 Å². The van der Waals surface area contributed by atoms with Crippen LogP contribution in [0.3, 0.4) is 0 Å². The summed E-state index contributed by atoms with van der Waals surface area (Å²) in [6, 6.07) is 0. The van der Waals surface area contributed by atoms with Crippen LogP contribution in [0, 0.1) is 0 Å². The van der Waals surface area contributed by atoms with Crippen molar-refractivity contribution < 1.29 is 4.42 Å². The van der Waals surface area contributed by atoms with E-state index in [1.807, 2.05) is 0 Å². The number of nitrogens with zero attached hydrogens (tertiary/aromatic N) is 3. The number of rotatable bonds is 1. The molecule has 0 aliphatic carbocycles. The minimum Gasteiger partial charge on any atom is -0.392 e. The Bertz CT molecular complexity index is 422. The summed E-state index contributed by atoms with van der Waals surface area (Å²) in [6.07, 6.45) is 4.53. The van der Waals surface area contributed by atoms with Crippen LogP contribution in [0.5, 0.6) is 0 Å². The highest BCUT2D eigenvalue weighted by molar-refractivity contribution is 7.02. The molecule has 0 spiro atoms. The molecule has 2 aromatic rings. The lowest BCUT2D eigenvalue weighted by atomic mass is 10.5. The van der Waals surface area contributed by atoms with Gasteiger partial charge in [-0.25, -0.2) is 9.78 Å². The zero-order chi connectivity index (χ0) is 8.39. The Balaban J connectivity index is 2.51. The van der Waals surface area contributed by atoms with Crippen molar-refractivity contribution >= 4 is 11.5 Å². The van der Waals surface area contributed by atoms with E-state index in [9.17, 15) is 4.79 Å². The second-order valence-corrected chi connectivity index (χ2v) is 2.63. The number of aromatic nitrogens is 3. The standard InChI is InChI=1S/C6H3N3O2S/c10-6-11-5(9-12-6)4-3-7-1-2-8-4/h1-3H. The fourth-order valence-electron chi connectivity index (χ4n) is 0.704. The van der Waals surface area contributed by atoms with Crippen LogP contribution in [-0.4, -0.2) is 14.3 Å². The largest absolute Gasteiger partial charge is 0.414 e. The van der Waals surface area contributed by atoms with Gasteiger partial charge in [-0.3, -0.25) is 4.98 Å². The zero-order valence-corrected chi connectivity index (χ0v) is 6.61. The maximum absolute atomic E-state index is 10.6. The summed E-state index contributed by atoms with van der Waals surface area (Å²) in [5.74, 6) is 0.220. The molecule has 12 heavy (non-hydrogen) atoms. The van der Waals surface area contributed by atoms with Gasteiger partial charge in [0, 0.05) is 12.4 Å². The molecule has 0 bridgehead atoms. The Kier molecular flexibility index (Phi) is 1.67. The van der Waals surface area contributed by atoms with E-state index >= 15 is 0 Å². The number of hydrogen-bond donors (Lipinski definition) is 0. The molecule has 60 valence electrons. The predicted molar refractivity (Wildman–Crippen MR) is 41.7 cm³/mol. The van der Waals surface area contributed by atoms with Crippen LogP contribution in [-0.2, 0) is 0 Å². The van der Waals surface area contributed by atoms with E-state index in [1.54, 1.807) is 0 Å². The lowest BCUT2D eigenvalue weighted by Crippen LogP contribution is -1.85. The van der Waals surface area contributed by atoms with E-state index in [1.165, 1.54) is 18.6 Å². The van der Waals surface area contributed by atoms with Crippen molar-refractivity contribution in [3.05, 3.63) is 28.3 Å². The molecule has 5 nitrogen and oxygen atoms in total. The highest BCUT2D eigenvalue weighted by Gasteiger charge is 2.05. The smallest absolute Gasteiger partial charge is 0.392 e. The van der Waals surface area contributed by atoms with Crippen LogP contribution in [0.4, 0.5) is 0 Å². The molecule has 6 heteroatoms. The SMILES string of the molecule is O=c1oc(-c2cnccn2)ns1. The van der Waals surface area contributed by atoms with Crippen LogP contribution in [0.2, 0.25) is 0 Å². The van der Waals surface area contributed by atoms with Gasteiger partial charge in [0.1, 0.15) is 5.69 Å². The lowest BCUT2D eigenvalue weighted by molar-refractivity contribution is 0.540. The third kappa shape index (κ3) is 1.24. The fraction of sp³-hybridized carbons (Fsp3) is 0. The summed E-state index contributed by atoms with van der Waals surface area (Å²) in [4.78, 5) is 17.9. The summed E-state index contributed by atoms with van der Waals surface area (Å²) < 4.78 is 8.46. The summed E-state index contributed by atoms with van der Waals surface area (Å²) in [5, 5.41) is 0. The zero-order valence-electron chi connectivity index (χ0n) is 5.80. The van der Waals surface area contributed by atoms with Crippen LogP contribution in [0.1, 0.15) is 0 Å². The molecule has 2 heterocycles. The van der Waals surface area contributed by atoms with Gasteiger partial charge in [-0.05, 0) is 0 Å². The Morgan fingerprint density at radius 3 is 2.92 bits per heavy atom. The van der Waals surface area contributed by atoms with E-state index in [0.717, 1.165) is 11.5 Å². The molecular weight excluding hydrogens is 178 g/mol. The first-order valence-corrected chi connectivity index (χ1v) is 3.87. The quantitative estimate of drug-likeness (QED) is 0.642. The van der Waals surface area contributed by atoms with Crippen molar-refractivity contribution in [2.45, 2.75) is 0 Å². The molecule has 0 aromatic carbocycles. The van der Waals surface area contributed by atoms with E-state index in [2.05, 4.69) is 14.3 Å². The van der Waals surface area contributed by atoms with Crippen molar-refractivity contribution in [2.24, 2.45) is 0 Å². The van der Waals surface area contributed by atoms with Gasteiger partial charge in [0.05, 0.1) is 17.7 Å². The fourth-order valence-corrected chi connectivity index (χ4v) is 1.11. The molecule has 2 aromatic heterocycles. The molecule has 0 radical (unpaired) electrons. The van der Waals surface area contributed by atoms with Gasteiger partial charge in [0.15, 0.2) is 0 Å². The van der Waals surface area contributed by atoms with Gasteiger partial charge in [0.25, 0.3) is 5.89 Å². The van der Waals surface area contributed by atoms with E-state index in [-0.39, 0.29) is 5.89 Å². The van der Waals surface area contributed by atoms with Crippen molar-refractivity contribution in [3.63, 3.8) is 0 Å². The van der Waals surface area contributed by atoms with Crippen molar-refractivity contribution in [3.8, 4) is 11.6 Å². The minimum atomic E-state index is -0.435. The van der Waals surface area contributed by atoms with Crippen LogP contribution < -0.4 is 4.94 Å². The molecule has 0 saturated heterocycles. The first-order chi connectivity index (χ1) is 5.86. The molecule has 0 aliphatic rings. The topological polar surface area (TPSA) is 68.9 Å². The second-order valence-electron chi connectivity index (χ2n) is 1.93. The maximum atomic E-state index is 10.6. The normalized spacial score (nSPS) is 10.0. The molecule has 0 unspecified atom stereocenters. The first kappa shape index (κ1) is 7.11. The third-order valence-corrected chi connectivity index (χ3v) is 1.65. The van der Waals surface area contributed by atoms with Crippen molar-refractivity contribution in [2.75, 3.05) is 0 Å². The van der Waals surface area contributed by atoms with E-state index in [4.69, 9.17) is 4.42 Å². The lowest BCUT2D eigenvalue weighted by Gasteiger charge is -1.88. The molecule has 0 fully saturated rings. The molecule has 0 atom stereocenters. The summed E-state index contributed by atoms with van der Waals surface area (Å²) in [5.41, 5.74) is 0.468. The highest BCUT2D eigenvalue weighted by atomic mass is 32.1. The maximum Gasteiger partial charge on any atom is 0.414 e. The van der Waals surface area contributed by atoms with Gasteiger partial charge in [-0.1, -0.05) is 0 Å². The average molecular weight is 181 g/mol. The highest BCUT2D eigenvalue weighted by Crippen LogP contribution is 2.10. The van der Waals surface area contributed by atoms with Crippen LogP contribution >= 0.6 is 11.5 Å². The van der Waals surface area contributed by atoms with Gasteiger partial charge in [-0.2, -0.15) is 0 Å². The van der Waals surface area contributed by atoms with Gasteiger partial charge in [-0.15, -0.1) is 4.37 Å². The summed E-state index contributed by atoms with van der Waals surface area (Å²) >= 11 is 0.759. The predicted octanol–water partition coefficient (Wildman–Crippen LogP) is 0.553. The minimum absolute atomic E-state index is 0.220. The molecule has 0 aliphatic heterocycles. The molecule has 0 saturated carbocycles. The monoisotopic (exact) mass is 181 g/mol. The summed E-state index contributed by atoms with van der Waals surface area (Å²) in [7, 11) is 0.